The topological polar surface area (TPSA) is 54.5 Å². The molecule has 0 unspecified atom stereocenters. The van der Waals surface area contributed by atoms with Gasteiger partial charge < -0.3 is 4.98 Å². The fourth-order valence-electron chi connectivity index (χ4n) is 1.03. The lowest BCUT2D eigenvalue weighted by Gasteiger charge is -1.95. The van der Waals surface area contributed by atoms with Crippen LogP contribution in [0.3, 0.4) is 0 Å². The van der Waals surface area contributed by atoms with Crippen molar-refractivity contribution in [1.82, 2.24) is 19.9 Å². The normalized spacial score (nSPS) is 11.0. The van der Waals surface area contributed by atoms with Crippen LogP contribution in [0.4, 0.5) is 0 Å². The number of rotatable bonds is 3. The SMILES string of the molecule is CCCSc1ncc2[nH]c(Cl)nc2n1. The van der Waals surface area contributed by atoms with E-state index in [1.165, 1.54) is 0 Å². The summed E-state index contributed by atoms with van der Waals surface area (Å²) in [5, 5.41) is 1.11. The van der Waals surface area contributed by atoms with Crippen LogP contribution in [-0.2, 0) is 0 Å². The summed E-state index contributed by atoms with van der Waals surface area (Å²) < 4.78 is 0. The second kappa shape index (κ2) is 4.14. The first-order chi connectivity index (χ1) is 6.79. The summed E-state index contributed by atoms with van der Waals surface area (Å²) >= 11 is 7.32. The molecule has 6 heteroatoms. The number of hydrogen-bond donors (Lipinski definition) is 1. The van der Waals surface area contributed by atoms with Crippen molar-refractivity contribution in [2.75, 3.05) is 5.75 Å². The van der Waals surface area contributed by atoms with E-state index in [0.29, 0.717) is 10.9 Å². The minimum atomic E-state index is 0.354. The lowest BCUT2D eigenvalue weighted by molar-refractivity contribution is 0.985. The van der Waals surface area contributed by atoms with Crippen LogP contribution in [-0.4, -0.2) is 25.7 Å². The molecule has 74 valence electrons. The van der Waals surface area contributed by atoms with E-state index >= 15 is 0 Å². The lowest BCUT2D eigenvalue weighted by Crippen LogP contribution is -1.87. The van der Waals surface area contributed by atoms with Gasteiger partial charge in [-0.25, -0.2) is 9.97 Å². The van der Waals surface area contributed by atoms with E-state index in [4.69, 9.17) is 11.6 Å². The number of H-pyrrole nitrogens is 1. The van der Waals surface area contributed by atoms with Gasteiger partial charge in [0.25, 0.3) is 0 Å². The number of nitrogens with one attached hydrogen (secondary N) is 1. The van der Waals surface area contributed by atoms with E-state index < -0.39 is 0 Å². The molecule has 0 bridgehead atoms. The van der Waals surface area contributed by atoms with Crippen molar-refractivity contribution >= 4 is 34.5 Å². The highest BCUT2D eigenvalue weighted by molar-refractivity contribution is 7.99. The van der Waals surface area contributed by atoms with E-state index in [1.807, 2.05) is 0 Å². The number of imidazole rings is 1. The lowest BCUT2D eigenvalue weighted by atomic mass is 10.6. The average Bonchev–Trinajstić information content (AvgIpc) is 2.54. The maximum atomic E-state index is 5.70. The number of thioether (sulfide) groups is 1. The summed E-state index contributed by atoms with van der Waals surface area (Å²) in [5.74, 6) is 1.02. The Morgan fingerprint density at radius 2 is 2.36 bits per heavy atom. The Morgan fingerprint density at radius 1 is 1.50 bits per heavy atom. The summed E-state index contributed by atoms with van der Waals surface area (Å²) in [5.41, 5.74) is 1.40. The van der Waals surface area contributed by atoms with Gasteiger partial charge in [-0.1, -0.05) is 18.7 Å². The Labute approximate surface area is 90.5 Å². The summed E-state index contributed by atoms with van der Waals surface area (Å²) in [6.07, 6.45) is 2.81. The molecule has 0 aromatic carbocycles. The average molecular weight is 229 g/mol. The highest BCUT2D eigenvalue weighted by Crippen LogP contribution is 2.17. The van der Waals surface area contributed by atoms with Crippen molar-refractivity contribution in [3.63, 3.8) is 0 Å². The van der Waals surface area contributed by atoms with Gasteiger partial charge >= 0.3 is 0 Å². The Hall–Kier alpha value is -0.810. The molecule has 1 N–H and O–H groups in total. The van der Waals surface area contributed by atoms with Crippen LogP contribution < -0.4 is 0 Å². The first-order valence-electron chi connectivity index (χ1n) is 4.30. The van der Waals surface area contributed by atoms with Crippen molar-refractivity contribution in [1.29, 1.82) is 0 Å². The summed E-state index contributed by atoms with van der Waals surface area (Å²) in [7, 11) is 0. The van der Waals surface area contributed by atoms with Gasteiger partial charge in [0.1, 0.15) is 5.52 Å². The molecule has 2 rings (SSSR count). The highest BCUT2D eigenvalue weighted by atomic mass is 35.5. The largest absolute Gasteiger partial charge is 0.326 e. The summed E-state index contributed by atoms with van der Waals surface area (Å²) in [4.78, 5) is 15.3. The van der Waals surface area contributed by atoms with Crippen LogP contribution >= 0.6 is 23.4 Å². The predicted octanol–water partition coefficient (Wildman–Crippen LogP) is 2.51. The molecule has 2 aromatic heterocycles. The van der Waals surface area contributed by atoms with E-state index in [2.05, 4.69) is 26.9 Å². The Bertz CT molecular complexity index is 442. The van der Waals surface area contributed by atoms with Crippen molar-refractivity contribution in [2.24, 2.45) is 0 Å². The third kappa shape index (κ3) is 1.99. The number of aromatic nitrogens is 4. The monoisotopic (exact) mass is 228 g/mol. The van der Waals surface area contributed by atoms with Gasteiger partial charge in [0.2, 0.25) is 5.28 Å². The third-order valence-corrected chi connectivity index (χ3v) is 2.87. The zero-order chi connectivity index (χ0) is 9.97. The molecule has 0 saturated heterocycles. The van der Waals surface area contributed by atoms with Gasteiger partial charge in [0.15, 0.2) is 10.8 Å². The van der Waals surface area contributed by atoms with Crippen molar-refractivity contribution in [3.8, 4) is 0 Å². The number of aromatic amines is 1. The van der Waals surface area contributed by atoms with Gasteiger partial charge in [0, 0.05) is 5.75 Å². The molecule has 2 heterocycles. The van der Waals surface area contributed by atoms with Gasteiger partial charge in [-0.05, 0) is 18.0 Å². The fourth-order valence-corrected chi connectivity index (χ4v) is 1.87. The molecular weight excluding hydrogens is 220 g/mol. The maximum absolute atomic E-state index is 5.70. The molecule has 0 aliphatic carbocycles. The zero-order valence-corrected chi connectivity index (χ0v) is 9.19. The molecule has 0 aliphatic heterocycles. The second-order valence-electron chi connectivity index (χ2n) is 2.77. The molecule has 0 atom stereocenters. The third-order valence-electron chi connectivity index (χ3n) is 1.62. The summed E-state index contributed by atoms with van der Waals surface area (Å²) in [6.45, 7) is 2.12. The smallest absolute Gasteiger partial charge is 0.202 e. The van der Waals surface area contributed by atoms with E-state index in [1.54, 1.807) is 18.0 Å². The number of halogens is 1. The fraction of sp³-hybridized carbons (Fsp3) is 0.375. The van der Waals surface area contributed by atoms with Crippen LogP contribution in [0.2, 0.25) is 5.28 Å². The molecule has 0 spiro atoms. The predicted molar refractivity (Wildman–Crippen MR) is 57.7 cm³/mol. The molecule has 0 amide bonds. The van der Waals surface area contributed by atoms with Gasteiger partial charge in [-0.2, -0.15) is 4.98 Å². The van der Waals surface area contributed by atoms with Crippen molar-refractivity contribution in [2.45, 2.75) is 18.5 Å². The molecule has 0 aliphatic rings. The maximum Gasteiger partial charge on any atom is 0.202 e. The van der Waals surface area contributed by atoms with E-state index in [-0.39, 0.29) is 0 Å². The summed E-state index contributed by atoms with van der Waals surface area (Å²) in [6, 6.07) is 0. The zero-order valence-electron chi connectivity index (χ0n) is 7.62. The van der Waals surface area contributed by atoms with Crippen LogP contribution in [0, 0.1) is 0 Å². The Kier molecular flexibility index (Phi) is 2.88. The molecule has 0 fully saturated rings. The number of nitrogens with zero attached hydrogens (tertiary/aromatic N) is 3. The van der Waals surface area contributed by atoms with Crippen LogP contribution in [0.5, 0.6) is 0 Å². The minimum Gasteiger partial charge on any atom is -0.326 e. The Morgan fingerprint density at radius 3 is 3.14 bits per heavy atom. The number of hydrogen-bond acceptors (Lipinski definition) is 4. The van der Waals surface area contributed by atoms with Crippen LogP contribution in [0.25, 0.3) is 11.2 Å². The molecule has 4 nitrogen and oxygen atoms in total. The molecule has 0 saturated carbocycles. The van der Waals surface area contributed by atoms with E-state index in [9.17, 15) is 0 Å². The molecular formula is C8H9ClN4S. The standard InChI is InChI=1S/C8H9ClN4S/c1-2-3-14-8-10-4-5-6(13-8)12-7(9)11-5/h4H,2-3H2,1H3,(H,10,11,12,13). The molecule has 14 heavy (non-hydrogen) atoms. The van der Waals surface area contributed by atoms with Crippen molar-refractivity contribution in [3.05, 3.63) is 11.5 Å². The van der Waals surface area contributed by atoms with Crippen LogP contribution in [0.1, 0.15) is 13.3 Å². The van der Waals surface area contributed by atoms with Crippen molar-refractivity contribution < 1.29 is 0 Å². The quantitative estimate of drug-likeness (QED) is 0.498. The molecule has 2 aromatic rings. The van der Waals surface area contributed by atoms with Crippen LogP contribution in [0.15, 0.2) is 11.4 Å². The first kappa shape index (κ1) is 9.73. The van der Waals surface area contributed by atoms with Gasteiger partial charge in [-0.3, -0.25) is 0 Å². The van der Waals surface area contributed by atoms with Gasteiger partial charge in [-0.15, -0.1) is 0 Å². The first-order valence-corrected chi connectivity index (χ1v) is 5.67. The van der Waals surface area contributed by atoms with Gasteiger partial charge in [0.05, 0.1) is 6.20 Å². The molecule has 0 radical (unpaired) electrons. The Balaban J connectivity index is 2.31. The van der Waals surface area contributed by atoms with E-state index in [0.717, 1.165) is 22.8 Å². The second-order valence-corrected chi connectivity index (χ2v) is 4.19. The highest BCUT2D eigenvalue weighted by Gasteiger charge is 2.04. The minimum absolute atomic E-state index is 0.354. The number of fused-ring (bicyclic) bond motifs is 1.